The highest BCUT2D eigenvalue weighted by molar-refractivity contribution is 6.04. The predicted octanol–water partition coefficient (Wildman–Crippen LogP) is 9.37. The molecule has 4 heterocycles. The number of H-pyrrole nitrogens is 1. The van der Waals surface area contributed by atoms with Crippen LogP contribution in [-0.2, 0) is 19.1 Å². The summed E-state index contributed by atoms with van der Waals surface area (Å²) in [5.74, 6) is 0.367. The molecular formula is C49H67N7O6. The van der Waals surface area contributed by atoms with Crippen molar-refractivity contribution in [1.29, 1.82) is 0 Å². The number of allylic oxidation sites excluding steroid dienone is 1. The molecular weight excluding hydrogens is 783 g/mol. The first-order chi connectivity index (χ1) is 29.1. The van der Waals surface area contributed by atoms with Gasteiger partial charge >= 0.3 is 12.2 Å². The number of nitrogens with one attached hydrogen (secondary N) is 1. The van der Waals surface area contributed by atoms with Gasteiger partial charge < -0.3 is 24.3 Å². The van der Waals surface area contributed by atoms with E-state index in [1.807, 2.05) is 91.4 Å². The fraction of sp³-hybridized carbons (Fsp3) is 0.551. The Labute approximate surface area is 367 Å². The lowest BCUT2D eigenvalue weighted by molar-refractivity contribution is -0.139. The van der Waals surface area contributed by atoms with Crippen molar-refractivity contribution in [2.24, 2.45) is 16.8 Å². The van der Waals surface area contributed by atoms with Crippen LogP contribution in [0.25, 0.3) is 28.0 Å². The number of likely N-dealkylation sites (N-methyl/N-ethyl adjacent to an activating group) is 2. The van der Waals surface area contributed by atoms with E-state index in [0.717, 1.165) is 70.7 Å². The quantitative estimate of drug-likeness (QED) is 0.203. The summed E-state index contributed by atoms with van der Waals surface area (Å²) >= 11 is 0. The zero-order chi connectivity index (χ0) is 45.3. The van der Waals surface area contributed by atoms with E-state index >= 15 is 0 Å². The first-order valence-corrected chi connectivity index (χ1v) is 22.2. The van der Waals surface area contributed by atoms with Gasteiger partial charge in [-0.2, -0.15) is 0 Å². The van der Waals surface area contributed by atoms with E-state index in [1.165, 1.54) is 9.80 Å². The molecule has 2 aromatic carbocycles. The van der Waals surface area contributed by atoms with Crippen LogP contribution < -0.4 is 0 Å². The topological polar surface area (TPSA) is 141 Å². The molecule has 0 saturated carbocycles. The fourth-order valence-corrected chi connectivity index (χ4v) is 8.92. The van der Waals surface area contributed by atoms with Gasteiger partial charge in [0.25, 0.3) is 0 Å². The molecule has 1 aromatic heterocycles. The smallest absolute Gasteiger partial charge is 0.410 e. The number of carbonyl (C=O) groups is 4. The molecule has 0 spiro atoms. The minimum absolute atomic E-state index is 0.0657. The number of likely N-dealkylation sites (tertiary alicyclic amines) is 2. The number of ether oxygens (including phenoxy) is 2. The Balaban J connectivity index is 1.07. The molecule has 1 N–H and O–H groups in total. The zero-order valence-corrected chi connectivity index (χ0v) is 38.8. The third-order valence-corrected chi connectivity index (χ3v) is 11.9. The van der Waals surface area contributed by atoms with Crippen molar-refractivity contribution in [3.05, 3.63) is 72.3 Å². The Morgan fingerprint density at radius 3 is 1.58 bits per heavy atom. The van der Waals surface area contributed by atoms with Crippen LogP contribution in [0.2, 0.25) is 0 Å². The molecule has 334 valence electrons. The number of hydrogen-bond donors (Lipinski definition) is 1. The molecule has 2 fully saturated rings. The molecule has 13 heteroatoms. The average molecular weight is 850 g/mol. The number of hydrogen-bond acceptors (Lipinski definition) is 8. The van der Waals surface area contributed by atoms with E-state index in [2.05, 4.69) is 53.5 Å². The summed E-state index contributed by atoms with van der Waals surface area (Å²) in [5, 5.41) is 0. The normalized spacial score (nSPS) is 19.1. The van der Waals surface area contributed by atoms with E-state index in [9.17, 15) is 19.2 Å². The van der Waals surface area contributed by atoms with E-state index in [1.54, 1.807) is 14.1 Å². The van der Waals surface area contributed by atoms with Gasteiger partial charge in [-0.1, -0.05) is 76.2 Å². The van der Waals surface area contributed by atoms with Gasteiger partial charge in [-0.05, 0) is 107 Å². The first kappa shape index (κ1) is 46.1. The van der Waals surface area contributed by atoms with Crippen molar-refractivity contribution < 1.29 is 28.7 Å². The monoisotopic (exact) mass is 850 g/mol. The van der Waals surface area contributed by atoms with Crippen LogP contribution in [0.5, 0.6) is 0 Å². The third kappa shape index (κ3) is 10.4. The van der Waals surface area contributed by atoms with Crippen molar-refractivity contribution in [2.45, 2.75) is 137 Å². The summed E-state index contributed by atoms with van der Waals surface area (Å²) in [6.07, 6.45) is 6.76. The standard InChI is InChI=1S/C49H67N7O6/c1-30(2)41(53(11)46(59)61-48(5,6)7)44(57)55-25-13-15-39(55)37-27-36(28-50-37)34-19-17-32(18-20-34)33-21-23-35(24-22-33)38-29-51-43(52-38)40-16-14-26-56(40)45(58)42(31(3)4)54(12)47(60)62-49(8,9)10/h17-24,28-31,39-42H,13-16,25-27H2,1-12H3,(H,51,52)/t39-,40-,41-,42-/m0/s1. The van der Waals surface area contributed by atoms with Crippen molar-refractivity contribution >= 4 is 35.3 Å². The maximum absolute atomic E-state index is 14.1. The minimum atomic E-state index is -0.664. The van der Waals surface area contributed by atoms with Crippen molar-refractivity contribution in [3.8, 4) is 22.4 Å². The number of aliphatic imine (C=N–C) groups is 1. The Morgan fingerprint density at radius 1 is 0.677 bits per heavy atom. The number of aromatic nitrogens is 2. The number of aromatic amines is 1. The number of rotatable bonds is 11. The first-order valence-electron chi connectivity index (χ1n) is 22.2. The lowest BCUT2D eigenvalue weighted by atomic mass is 9.95. The van der Waals surface area contributed by atoms with Crippen molar-refractivity contribution in [2.75, 3.05) is 27.2 Å². The molecule has 62 heavy (non-hydrogen) atoms. The highest BCUT2D eigenvalue weighted by Crippen LogP contribution is 2.35. The second-order valence-electron chi connectivity index (χ2n) is 19.7. The maximum Gasteiger partial charge on any atom is 0.410 e. The third-order valence-electron chi connectivity index (χ3n) is 11.9. The molecule has 3 aromatic rings. The molecule has 4 amide bonds. The van der Waals surface area contributed by atoms with Gasteiger partial charge in [0.1, 0.15) is 29.1 Å². The lowest BCUT2D eigenvalue weighted by Crippen LogP contribution is -2.54. The van der Waals surface area contributed by atoms with Crippen LogP contribution in [0.15, 0.2) is 65.9 Å². The summed E-state index contributed by atoms with van der Waals surface area (Å²) in [5.41, 5.74) is 5.88. The summed E-state index contributed by atoms with van der Waals surface area (Å²) in [7, 11) is 3.29. The average Bonchev–Trinajstić information content (AvgIpc) is 4.03. The predicted molar refractivity (Wildman–Crippen MR) is 243 cm³/mol. The zero-order valence-electron chi connectivity index (χ0n) is 38.8. The maximum atomic E-state index is 14.1. The molecule has 3 aliphatic rings. The van der Waals surface area contributed by atoms with Crippen molar-refractivity contribution in [3.63, 3.8) is 0 Å². The van der Waals surface area contributed by atoms with Gasteiger partial charge in [0.05, 0.1) is 24.0 Å². The lowest BCUT2D eigenvalue weighted by Gasteiger charge is -2.36. The van der Waals surface area contributed by atoms with Gasteiger partial charge in [-0.15, -0.1) is 0 Å². The molecule has 0 unspecified atom stereocenters. The van der Waals surface area contributed by atoms with E-state index in [4.69, 9.17) is 19.5 Å². The second kappa shape index (κ2) is 18.5. The van der Waals surface area contributed by atoms with Gasteiger partial charge in [-0.25, -0.2) is 14.6 Å². The molecule has 0 bridgehead atoms. The van der Waals surface area contributed by atoms with Crippen LogP contribution in [0, 0.1) is 11.8 Å². The second-order valence-corrected chi connectivity index (χ2v) is 19.7. The number of nitrogens with zero attached hydrogens (tertiary/aromatic N) is 6. The Morgan fingerprint density at radius 2 is 1.11 bits per heavy atom. The number of amides is 4. The highest BCUT2D eigenvalue weighted by Gasteiger charge is 2.42. The van der Waals surface area contributed by atoms with E-state index in [-0.39, 0.29) is 35.7 Å². The summed E-state index contributed by atoms with van der Waals surface area (Å²) in [6, 6.07) is 15.2. The molecule has 0 aliphatic carbocycles. The van der Waals surface area contributed by atoms with Crippen molar-refractivity contribution in [1.82, 2.24) is 29.6 Å². The number of carbonyl (C=O) groups excluding carboxylic acids is 4. The SMILES string of the molecule is CC(C)[C@@H](C(=O)N1CCC[C@H]1C1=NC=C(c2ccc(-c3ccc(-c4cnc([C@@H]5CCCN5C(=O)[C@H](C(C)C)N(C)C(=O)OC(C)(C)C)[nH]4)cc3)cc2)C1)N(C)C(=O)OC(C)(C)C. The van der Waals surface area contributed by atoms with Gasteiger partial charge in [0.2, 0.25) is 11.8 Å². The van der Waals surface area contributed by atoms with Gasteiger partial charge in [0.15, 0.2) is 0 Å². The molecule has 0 radical (unpaired) electrons. The molecule has 3 aliphatic heterocycles. The number of benzene rings is 2. The Kier molecular flexibility index (Phi) is 13.7. The van der Waals surface area contributed by atoms with Gasteiger partial charge in [-0.3, -0.25) is 24.4 Å². The van der Waals surface area contributed by atoms with E-state index < -0.39 is 35.5 Å². The number of imidazole rings is 1. The van der Waals surface area contributed by atoms with E-state index in [0.29, 0.717) is 19.5 Å². The van der Waals surface area contributed by atoms with Gasteiger partial charge in [0, 0.05) is 45.5 Å². The van der Waals surface area contributed by atoms with Crippen LogP contribution in [0.1, 0.15) is 119 Å². The summed E-state index contributed by atoms with van der Waals surface area (Å²) < 4.78 is 11.2. The molecule has 2 saturated heterocycles. The molecule has 13 nitrogen and oxygen atoms in total. The largest absolute Gasteiger partial charge is 0.444 e. The Hall–Kier alpha value is -5.46. The fourth-order valence-electron chi connectivity index (χ4n) is 8.92. The summed E-state index contributed by atoms with van der Waals surface area (Å²) in [6.45, 7) is 20.0. The van der Waals surface area contributed by atoms with Crippen LogP contribution in [0.4, 0.5) is 9.59 Å². The summed E-state index contributed by atoms with van der Waals surface area (Å²) in [4.78, 5) is 73.8. The van der Waals surface area contributed by atoms with Crippen LogP contribution in [0.3, 0.4) is 0 Å². The minimum Gasteiger partial charge on any atom is -0.444 e. The Bertz CT molecular complexity index is 2160. The molecule has 4 atom stereocenters. The highest BCUT2D eigenvalue weighted by atomic mass is 16.6. The van der Waals surface area contributed by atoms with Crippen LogP contribution in [-0.4, -0.2) is 116 Å². The van der Waals surface area contributed by atoms with Crippen LogP contribution >= 0.6 is 0 Å². The molecule has 6 rings (SSSR count).